The smallest absolute Gasteiger partial charge is 0.231 e. The highest BCUT2D eigenvalue weighted by molar-refractivity contribution is 6.77. The van der Waals surface area contributed by atoms with Crippen molar-refractivity contribution in [3.05, 3.63) is 23.8 Å². The summed E-state index contributed by atoms with van der Waals surface area (Å²) in [5.41, 5.74) is 0.574. The maximum absolute atomic E-state index is 10.2. The first-order valence-electron chi connectivity index (χ1n) is 5.06. The van der Waals surface area contributed by atoms with Gasteiger partial charge in [-0.2, -0.15) is 0 Å². The van der Waals surface area contributed by atoms with Gasteiger partial charge in [0.25, 0.3) is 0 Å². The molecule has 0 saturated heterocycles. The molecule has 1 atom stereocenters. The van der Waals surface area contributed by atoms with E-state index in [0.717, 1.165) is 17.1 Å². The summed E-state index contributed by atoms with van der Waals surface area (Å²) in [4.78, 5) is 0. The van der Waals surface area contributed by atoms with Crippen molar-refractivity contribution >= 4 is 8.07 Å². The van der Waals surface area contributed by atoms with Crippen LogP contribution in [0.3, 0.4) is 0 Å². The zero-order valence-corrected chi connectivity index (χ0v) is 10.3. The fraction of sp³-hybridized carbons (Fsp3) is 0.455. The number of benzene rings is 1. The topological polar surface area (TPSA) is 38.7 Å². The van der Waals surface area contributed by atoms with E-state index in [-0.39, 0.29) is 12.5 Å². The van der Waals surface area contributed by atoms with Gasteiger partial charge in [0.15, 0.2) is 11.5 Å². The van der Waals surface area contributed by atoms with Crippen LogP contribution in [0.25, 0.3) is 0 Å². The number of ether oxygens (including phenoxy) is 2. The van der Waals surface area contributed by atoms with Crippen LogP contribution in [0.2, 0.25) is 19.6 Å². The van der Waals surface area contributed by atoms with Crippen LogP contribution in [0.1, 0.15) is 11.3 Å². The Labute approximate surface area is 90.7 Å². The fourth-order valence-electron chi connectivity index (χ4n) is 1.58. The number of aliphatic hydroxyl groups is 1. The molecule has 0 aromatic heterocycles. The van der Waals surface area contributed by atoms with E-state index in [1.54, 1.807) is 0 Å². The van der Waals surface area contributed by atoms with E-state index in [1.165, 1.54) is 0 Å². The van der Waals surface area contributed by atoms with Crippen molar-refractivity contribution in [2.75, 3.05) is 6.79 Å². The molecule has 0 aliphatic carbocycles. The van der Waals surface area contributed by atoms with Crippen molar-refractivity contribution in [3.8, 4) is 11.5 Å². The Bertz CT molecular complexity index is 371. The summed E-state index contributed by atoms with van der Waals surface area (Å²) in [6.45, 7) is 6.70. The maximum atomic E-state index is 10.2. The van der Waals surface area contributed by atoms with Crippen molar-refractivity contribution < 1.29 is 14.6 Å². The van der Waals surface area contributed by atoms with E-state index in [0.29, 0.717) is 0 Å². The summed E-state index contributed by atoms with van der Waals surface area (Å²) < 4.78 is 10.5. The van der Waals surface area contributed by atoms with Crippen molar-refractivity contribution in [2.45, 2.75) is 25.4 Å². The first kappa shape index (κ1) is 10.5. The average molecular weight is 224 g/mol. The van der Waals surface area contributed by atoms with Gasteiger partial charge in [0.05, 0.1) is 13.8 Å². The van der Waals surface area contributed by atoms with Crippen LogP contribution >= 0.6 is 0 Å². The van der Waals surface area contributed by atoms with Gasteiger partial charge in [0, 0.05) is 0 Å². The molecule has 3 nitrogen and oxygen atoms in total. The van der Waals surface area contributed by atoms with Crippen molar-refractivity contribution in [3.63, 3.8) is 0 Å². The molecule has 1 aliphatic rings. The summed E-state index contributed by atoms with van der Waals surface area (Å²) in [7, 11) is -1.57. The molecule has 2 rings (SSSR count). The Morgan fingerprint density at radius 1 is 1.20 bits per heavy atom. The van der Waals surface area contributed by atoms with Crippen LogP contribution in [0.5, 0.6) is 11.5 Å². The van der Waals surface area contributed by atoms with Crippen LogP contribution in [0, 0.1) is 0 Å². The lowest BCUT2D eigenvalue weighted by molar-refractivity contribution is 0.173. The van der Waals surface area contributed by atoms with Crippen LogP contribution in [0.15, 0.2) is 18.2 Å². The molecule has 0 fully saturated rings. The van der Waals surface area contributed by atoms with Crippen molar-refractivity contribution in [1.29, 1.82) is 0 Å². The highest BCUT2D eigenvalue weighted by Gasteiger charge is 2.27. The molecule has 1 heterocycles. The molecule has 1 unspecified atom stereocenters. The average Bonchev–Trinajstić information content (AvgIpc) is 2.61. The van der Waals surface area contributed by atoms with Crippen LogP contribution in [-0.2, 0) is 0 Å². The van der Waals surface area contributed by atoms with Gasteiger partial charge in [-0.1, -0.05) is 25.7 Å². The minimum absolute atomic E-state index is 0.280. The zero-order valence-electron chi connectivity index (χ0n) is 9.28. The van der Waals surface area contributed by atoms with E-state index in [2.05, 4.69) is 19.6 Å². The van der Waals surface area contributed by atoms with E-state index in [9.17, 15) is 5.11 Å². The Hall–Kier alpha value is -1.00. The van der Waals surface area contributed by atoms with Gasteiger partial charge in [-0.05, 0) is 17.7 Å². The summed E-state index contributed by atoms with van der Waals surface area (Å²) in [6, 6.07) is 5.66. The lowest BCUT2D eigenvalue weighted by Gasteiger charge is -2.24. The number of hydrogen-bond acceptors (Lipinski definition) is 3. The number of fused-ring (bicyclic) bond motifs is 1. The van der Waals surface area contributed by atoms with Crippen LogP contribution in [0.4, 0.5) is 0 Å². The number of hydrogen-bond donors (Lipinski definition) is 1. The lowest BCUT2D eigenvalue weighted by Crippen LogP contribution is -2.30. The lowest BCUT2D eigenvalue weighted by atomic mass is 10.2. The minimum atomic E-state index is -1.57. The van der Waals surface area contributed by atoms with E-state index >= 15 is 0 Å². The van der Waals surface area contributed by atoms with Gasteiger partial charge in [-0.15, -0.1) is 0 Å². The minimum Gasteiger partial charge on any atom is -0.454 e. The van der Waals surface area contributed by atoms with Crippen LogP contribution < -0.4 is 9.47 Å². The van der Waals surface area contributed by atoms with Crippen molar-refractivity contribution in [2.24, 2.45) is 0 Å². The third-order valence-corrected chi connectivity index (χ3v) is 4.51. The monoisotopic (exact) mass is 224 g/mol. The fourth-order valence-corrected chi connectivity index (χ4v) is 2.76. The second-order valence-corrected chi connectivity index (χ2v) is 10.2. The third-order valence-electron chi connectivity index (χ3n) is 2.53. The summed E-state index contributed by atoms with van der Waals surface area (Å²) in [5.74, 6) is 1.51. The van der Waals surface area contributed by atoms with Gasteiger partial charge >= 0.3 is 0 Å². The summed E-state index contributed by atoms with van der Waals surface area (Å²) in [6.07, 6.45) is 0. The van der Waals surface area contributed by atoms with Gasteiger partial charge < -0.3 is 14.6 Å². The molecule has 1 aromatic rings. The summed E-state index contributed by atoms with van der Waals surface area (Å²) in [5, 5.41) is 10.2. The quantitative estimate of drug-likeness (QED) is 0.784. The zero-order chi connectivity index (χ0) is 11.1. The van der Waals surface area contributed by atoms with E-state index in [4.69, 9.17) is 9.47 Å². The third kappa shape index (κ3) is 2.01. The van der Waals surface area contributed by atoms with E-state index in [1.807, 2.05) is 18.2 Å². The first-order valence-corrected chi connectivity index (χ1v) is 8.64. The molecular formula is C11H16O3Si. The molecule has 4 heteroatoms. The SMILES string of the molecule is C[Si](C)(C)C(O)c1ccc2c(c1)OCO2. The molecule has 0 saturated carbocycles. The van der Waals surface area contributed by atoms with Gasteiger partial charge in [-0.25, -0.2) is 0 Å². The predicted molar refractivity (Wildman–Crippen MR) is 60.9 cm³/mol. The first-order chi connectivity index (χ1) is 6.98. The molecule has 1 N–H and O–H groups in total. The Kier molecular flexibility index (Phi) is 2.48. The van der Waals surface area contributed by atoms with Gasteiger partial charge in [0.1, 0.15) is 0 Å². The summed E-state index contributed by atoms with van der Waals surface area (Å²) >= 11 is 0. The highest BCUT2D eigenvalue weighted by Crippen LogP contribution is 2.35. The molecule has 15 heavy (non-hydrogen) atoms. The Morgan fingerprint density at radius 2 is 1.87 bits per heavy atom. The molecular weight excluding hydrogens is 208 g/mol. The van der Waals surface area contributed by atoms with Gasteiger partial charge in [0.2, 0.25) is 6.79 Å². The van der Waals surface area contributed by atoms with Crippen molar-refractivity contribution in [1.82, 2.24) is 0 Å². The van der Waals surface area contributed by atoms with Gasteiger partial charge in [-0.3, -0.25) is 0 Å². The largest absolute Gasteiger partial charge is 0.454 e. The Morgan fingerprint density at radius 3 is 2.53 bits per heavy atom. The molecule has 1 aliphatic heterocycles. The second kappa shape index (κ2) is 3.54. The molecule has 0 radical (unpaired) electrons. The predicted octanol–water partition coefficient (Wildman–Crippen LogP) is 2.33. The second-order valence-electron chi connectivity index (χ2n) is 4.88. The number of rotatable bonds is 2. The molecule has 0 bridgehead atoms. The van der Waals surface area contributed by atoms with Crippen LogP contribution in [-0.4, -0.2) is 20.0 Å². The Balaban J connectivity index is 2.31. The molecule has 0 amide bonds. The maximum Gasteiger partial charge on any atom is 0.231 e. The van der Waals surface area contributed by atoms with E-state index < -0.39 is 8.07 Å². The normalized spacial score (nSPS) is 16.5. The standard InChI is InChI=1S/C11H16O3Si/c1-15(2,3)11(12)8-4-5-9-10(6-8)14-7-13-9/h4-6,11-12H,7H2,1-3H3. The molecule has 0 spiro atoms. The molecule has 82 valence electrons. The number of aliphatic hydroxyl groups excluding tert-OH is 1. The highest BCUT2D eigenvalue weighted by atomic mass is 28.3. The molecule has 1 aromatic carbocycles.